The first-order valence-electron chi connectivity index (χ1n) is 8.40. The maximum atomic E-state index is 13.4. The number of nitrogens with zero attached hydrogens (tertiary/aromatic N) is 1. The Morgan fingerprint density at radius 1 is 1.28 bits per heavy atom. The third-order valence-corrected chi connectivity index (χ3v) is 4.63. The Morgan fingerprint density at radius 3 is 2.56 bits per heavy atom. The predicted octanol–water partition coefficient (Wildman–Crippen LogP) is 2.83. The number of aliphatic carboxylic acids is 1. The van der Waals surface area contributed by atoms with Gasteiger partial charge in [-0.25, -0.2) is 8.78 Å². The minimum Gasteiger partial charge on any atom is -0.481 e. The zero-order chi connectivity index (χ0) is 18.4. The minimum absolute atomic E-state index is 0.0285. The molecule has 5 nitrogen and oxygen atoms in total. The molecule has 0 aromatic heterocycles. The smallest absolute Gasteiger partial charge is 0.305 e. The normalized spacial score (nSPS) is 16.4. The molecule has 1 N–H and O–H groups in total. The lowest BCUT2D eigenvalue weighted by Gasteiger charge is -2.31. The highest BCUT2D eigenvalue weighted by atomic mass is 19.2. The molecule has 1 heterocycles. The molecule has 0 radical (unpaired) electrons. The van der Waals surface area contributed by atoms with Crippen molar-refractivity contribution in [3.05, 3.63) is 35.4 Å². The molecule has 138 valence electrons. The molecule has 1 fully saturated rings. The molecule has 1 aliphatic heterocycles. The van der Waals surface area contributed by atoms with Crippen LogP contribution >= 0.6 is 0 Å². The van der Waals surface area contributed by atoms with E-state index in [9.17, 15) is 18.4 Å². The Labute approximate surface area is 145 Å². The second kappa shape index (κ2) is 8.89. The van der Waals surface area contributed by atoms with E-state index in [0.29, 0.717) is 18.8 Å². The summed E-state index contributed by atoms with van der Waals surface area (Å²) in [6, 6.07) is 3.44. The highest BCUT2D eigenvalue weighted by molar-refractivity contribution is 5.79. The Balaban J connectivity index is 2.11. The summed E-state index contributed by atoms with van der Waals surface area (Å²) in [5.74, 6) is -3.22. The third-order valence-electron chi connectivity index (χ3n) is 4.63. The van der Waals surface area contributed by atoms with Gasteiger partial charge in [-0.05, 0) is 36.5 Å². The molecule has 0 spiro atoms. The van der Waals surface area contributed by atoms with Crippen LogP contribution in [0.15, 0.2) is 18.2 Å². The summed E-state index contributed by atoms with van der Waals surface area (Å²) in [4.78, 5) is 25.1. The van der Waals surface area contributed by atoms with Crippen molar-refractivity contribution in [1.82, 2.24) is 4.90 Å². The summed E-state index contributed by atoms with van der Waals surface area (Å²) in [7, 11) is 0. The quantitative estimate of drug-likeness (QED) is 0.817. The SMILES string of the molecule is CC(C(=O)N(CCC(=O)O)Cc1ccc(F)c(F)c1)C1CCOCC1. The second-order valence-electron chi connectivity index (χ2n) is 6.39. The monoisotopic (exact) mass is 355 g/mol. The topological polar surface area (TPSA) is 66.8 Å². The Kier molecular flexibility index (Phi) is 6.87. The number of benzene rings is 1. The van der Waals surface area contributed by atoms with Crippen molar-refractivity contribution in [2.24, 2.45) is 11.8 Å². The van der Waals surface area contributed by atoms with Crippen LogP contribution in [0.2, 0.25) is 0 Å². The fourth-order valence-corrected chi connectivity index (χ4v) is 3.06. The maximum Gasteiger partial charge on any atom is 0.305 e. The van der Waals surface area contributed by atoms with E-state index in [-0.39, 0.29) is 37.3 Å². The van der Waals surface area contributed by atoms with Crippen LogP contribution in [0.3, 0.4) is 0 Å². The van der Waals surface area contributed by atoms with Gasteiger partial charge in [-0.1, -0.05) is 13.0 Å². The van der Waals surface area contributed by atoms with Crippen LogP contribution in [0.4, 0.5) is 8.78 Å². The van der Waals surface area contributed by atoms with Crippen molar-refractivity contribution in [1.29, 1.82) is 0 Å². The first kappa shape index (κ1) is 19.3. The van der Waals surface area contributed by atoms with Crippen molar-refractivity contribution < 1.29 is 28.2 Å². The number of amides is 1. The van der Waals surface area contributed by atoms with Gasteiger partial charge in [0.05, 0.1) is 6.42 Å². The van der Waals surface area contributed by atoms with Crippen LogP contribution in [0.5, 0.6) is 0 Å². The molecule has 0 aliphatic carbocycles. The molecular weight excluding hydrogens is 332 g/mol. The van der Waals surface area contributed by atoms with E-state index in [4.69, 9.17) is 9.84 Å². The van der Waals surface area contributed by atoms with Gasteiger partial charge in [0.15, 0.2) is 11.6 Å². The van der Waals surface area contributed by atoms with Gasteiger partial charge in [0.25, 0.3) is 0 Å². The van der Waals surface area contributed by atoms with Gasteiger partial charge < -0.3 is 14.7 Å². The van der Waals surface area contributed by atoms with E-state index in [1.807, 2.05) is 6.92 Å². The van der Waals surface area contributed by atoms with E-state index in [0.717, 1.165) is 25.0 Å². The van der Waals surface area contributed by atoms with Gasteiger partial charge >= 0.3 is 5.97 Å². The molecule has 1 saturated heterocycles. The Hall–Kier alpha value is -2.02. The summed E-state index contributed by atoms with van der Waals surface area (Å²) in [5, 5.41) is 8.91. The van der Waals surface area contributed by atoms with Crippen molar-refractivity contribution in [3.63, 3.8) is 0 Å². The van der Waals surface area contributed by atoms with Gasteiger partial charge in [0, 0.05) is 32.2 Å². The van der Waals surface area contributed by atoms with E-state index < -0.39 is 17.6 Å². The standard InChI is InChI=1S/C18H23F2NO4/c1-12(14-5-8-25-9-6-14)18(24)21(7-4-17(22)23)11-13-2-3-15(19)16(20)10-13/h2-3,10,12,14H,4-9,11H2,1H3,(H,22,23). The zero-order valence-electron chi connectivity index (χ0n) is 14.2. The number of halogens is 2. The fraction of sp³-hybridized carbons (Fsp3) is 0.556. The van der Waals surface area contributed by atoms with Crippen LogP contribution in [0, 0.1) is 23.5 Å². The van der Waals surface area contributed by atoms with Crippen LogP contribution in [0.1, 0.15) is 31.7 Å². The summed E-state index contributed by atoms with van der Waals surface area (Å²) in [6.07, 6.45) is 1.37. The van der Waals surface area contributed by atoms with Crippen LogP contribution < -0.4 is 0 Å². The highest BCUT2D eigenvalue weighted by Crippen LogP contribution is 2.26. The molecule has 1 aliphatic rings. The molecule has 7 heteroatoms. The van der Waals surface area contributed by atoms with Gasteiger partial charge in [-0.15, -0.1) is 0 Å². The lowest BCUT2D eigenvalue weighted by Crippen LogP contribution is -2.40. The van der Waals surface area contributed by atoms with E-state index in [2.05, 4.69) is 0 Å². The van der Waals surface area contributed by atoms with E-state index in [1.165, 1.54) is 11.0 Å². The van der Waals surface area contributed by atoms with Gasteiger partial charge in [-0.3, -0.25) is 9.59 Å². The second-order valence-corrected chi connectivity index (χ2v) is 6.39. The molecule has 0 saturated carbocycles. The average molecular weight is 355 g/mol. The van der Waals surface area contributed by atoms with Gasteiger partial charge in [-0.2, -0.15) is 0 Å². The molecule has 0 bridgehead atoms. The molecule has 1 unspecified atom stereocenters. The molecule has 2 rings (SSSR count). The van der Waals surface area contributed by atoms with Crippen molar-refractivity contribution in [2.75, 3.05) is 19.8 Å². The summed E-state index contributed by atoms with van der Waals surface area (Å²) >= 11 is 0. The number of carbonyl (C=O) groups excluding carboxylic acids is 1. The molecule has 25 heavy (non-hydrogen) atoms. The van der Waals surface area contributed by atoms with Crippen LogP contribution in [-0.2, 0) is 20.9 Å². The Bertz CT molecular complexity index is 617. The van der Waals surface area contributed by atoms with Crippen LogP contribution in [-0.4, -0.2) is 41.6 Å². The van der Waals surface area contributed by atoms with E-state index >= 15 is 0 Å². The Morgan fingerprint density at radius 2 is 1.96 bits per heavy atom. The molecule has 1 amide bonds. The maximum absolute atomic E-state index is 13.4. The average Bonchev–Trinajstić information content (AvgIpc) is 2.61. The number of hydrogen-bond donors (Lipinski definition) is 1. The number of rotatable bonds is 7. The van der Waals surface area contributed by atoms with E-state index in [1.54, 1.807) is 0 Å². The van der Waals surface area contributed by atoms with Gasteiger partial charge in [0.1, 0.15) is 0 Å². The fourth-order valence-electron chi connectivity index (χ4n) is 3.06. The molecule has 1 atom stereocenters. The summed E-state index contributed by atoms with van der Waals surface area (Å²) < 4.78 is 31.8. The zero-order valence-corrected chi connectivity index (χ0v) is 14.2. The van der Waals surface area contributed by atoms with Crippen molar-refractivity contribution in [3.8, 4) is 0 Å². The van der Waals surface area contributed by atoms with Crippen molar-refractivity contribution in [2.45, 2.75) is 32.7 Å². The number of carboxylic acids is 1. The highest BCUT2D eigenvalue weighted by Gasteiger charge is 2.29. The van der Waals surface area contributed by atoms with Crippen LogP contribution in [0.25, 0.3) is 0 Å². The molecular formula is C18H23F2NO4. The first-order valence-corrected chi connectivity index (χ1v) is 8.40. The largest absolute Gasteiger partial charge is 0.481 e. The van der Waals surface area contributed by atoms with Crippen molar-refractivity contribution >= 4 is 11.9 Å². The summed E-state index contributed by atoms with van der Waals surface area (Å²) in [6.45, 7) is 3.14. The van der Waals surface area contributed by atoms with Gasteiger partial charge in [0.2, 0.25) is 5.91 Å². The third kappa shape index (κ3) is 5.49. The first-order chi connectivity index (χ1) is 11.9. The number of hydrogen-bond acceptors (Lipinski definition) is 3. The minimum atomic E-state index is -1.01. The lowest BCUT2D eigenvalue weighted by atomic mass is 9.86. The summed E-state index contributed by atoms with van der Waals surface area (Å²) in [5.41, 5.74) is 0.428. The number of carboxylic acid groups (broad SMARTS) is 1. The number of ether oxygens (including phenoxy) is 1. The lowest BCUT2D eigenvalue weighted by molar-refractivity contribution is -0.141. The number of carbonyl (C=O) groups is 2. The predicted molar refractivity (Wildman–Crippen MR) is 86.7 cm³/mol. The molecule has 1 aromatic rings. The molecule has 1 aromatic carbocycles.